The Hall–Kier alpha value is -4.01. The summed E-state index contributed by atoms with van der Waals surface area (Å²) in [4.78, 5) is 74.4. The molecular weight excluding hydrogens is 702 g/mol. The monoisotopic (exact) mass is 770 g/mol. The number of carbonyl (C=O) groups excluding carboxylic acids is 5. The highest BCUT2D eigenvalue weighted by Gasteiger charge is 2.43. The van der Waals surface area contributed by atoms with Crippen molar-refractivity contribution in [3.05, 3.63) is 36.0 Å². The van der Waals surface area contributed by atoms with Gasteiger partial charge in [0.05, 0.1) is 42.7 Å². The average Bonchev–Trinajstić information content (AvgIpc) is 3.80. The number of nitrogens with zero attached hydrogens (tertiary/aromatic N) is 2. The summed E-state index contributed by atoms with van der Waals surface area (Å²) in [6.07, 6.45) is 2.79. The minimum atomic E-state index is -0.948. The lowest BCUT2D eigenvalue weighted by molar-refractivity contribution is -0.148. The molecule has 0 aliphatic carbocycles. The Morgan fingerprint density at radius 3 is 2.18 bits per heavy atom. The van der Waals surface area contributed by atoms with Gasteiger partial charge in [-0.25, -0.2) is 0 Å². The predicted octanol–water partition coefficient (Wildman–Crippen LogP) is 2.99. The number of amides is 5. The Morgan fingerprint density at radius 2 is 1.62 bits per heavy atom. The van der Waals surface area contributed by atoms with Crippen LogP contribution in [-0.4, -0.2) is 122 Å². The lowest BCUT2D eigenvalue weighted by Crippen LogP contribution is -2.59. The van der Waals surface area contributed by atoms with E-state index in [9.17, 15) is 24.0 Å². The van der Waals surface area contributed by atoms with Crippen molar-refractivity contribution >= 4 is 40.4 Å². The number of benzene rings is 1. The number of para-hydroxylation sites is 1. The van der Waals surface area contributed by atoms with Crippen molar-refractivity contribution in [3.63, 3.8) is 0 Å². The van der Waals surface area contributed by atoms with E-state index in [0.29, 0.717) is 13.0 Å². The number of methoxy groups -OCH3 is 2. The molecule has 308 valence electrons. The summed E-state index contributed by atoms with van der Waals surface area (Å²) in [7, 11) is 6.51. The molecule has 0 saturated carbocycles. The number of likely N-dealkylation sites (N-methyl/N-ethyl adjacent to an activating group) is 2. The van der Waals surface area contributed by atoms with E-state index >= 15 is 0 Å². The van der Waals surface area contributed by atoms with Gasteiger partial charge in [-0.3, -0.25) is 24.0 Å². The predicted molar refractivity (Wildman–Crippen MR) is 214 cm³/mol. The van der Waals surface area contributed by atoms with Crippen LogP contribution in [0, 0.1) is 23.7 Å². The van der Waals surface area contributed by atoms with Gasteiger partial charge in [0.25, 0.3) is 0 Å². The third kappa shape index (κ3) is 11.1. The van der Waals surface area contributed by atoms with Gasteiger partial charge in [-0.05, 0) is 49.3 Å². The Balaban J connectivity index is 1.77. The van der Waals surface area contributed by atoms with Crippen LogP contribution in [0.1, 0.15) is 79.7 Å². The Kier molecular flexibility index (Phi) is 17.1. The van der Waals surface area contributed by atoms with E-state index in [1.54, 1.807) is 37.9 Å². The lowest BCUT2D eigenvalue weighted by Gasteiger charge is -2.41. The van der Waals surface area contributed by atoms with Gasteiger partial charge in [-0.2, -0.15) is 0 Å². The first-order valence-corrected chi connectivity index (χ1v) is 19.8. The topological polar surface area (TPSA) is 188 Å². The molecule has 2 heterocycles. The summed E-state index contributed by atoms with van der Waals surface area (Å²) >= 11 is 0. The molecule has 14 nitrogen and oxygen atoms in total. The second-order valence-corrected chi connectivity index (χ2v) is 15.9. The fourth-order valence-corrected chi connectivity index (χ4v) is 8.10. The molecule has 1 fully saturated rings. The molecule has 6 N–H and O–H groups in total. The van der Waals surface area contributed by atoms with Gasteiger partial charge in [0.1, 0.15) is 12.1 Å². The number of H-pyrrole nitrogens is 1. The standard InChI is InChI=1S/C41H67N7O7/c1-12-25(6)36(47(9)41(53)35(24(4)5)46-40(52)34(43-8)23(2)3)32(54-10)21-33(49)48-19-15-18-31(48)37(55-11)26(7)39(51)45-30(38(42)50)20-27-22-44-29-17-14-13-16-28(27)29/h13-14,16-17,22-26,30-32,34-37,43-44H,12,15,18-21H2,1-11H3,(H2,42,50)(H,45,51)(H,46,52). The quantitative estimate of drug-likeness (QED) is 0.128. The van der Waals surface area contributed by atoms with Crippen molar-refractivity contribution in [2.45, 2.75) is 123 Å². The van der Waals surface area contributed by atoms with E-state index in [1.165, 1.54) is 7.11 Å². The maximum atomic E-state index is 14.2. The summed E-state index contributed by atoms with van der Waals surface area (Å²) in [5.74, 6) is -2.64. The molecule has 55 heavy (non-hydrogen) atoms. The first-order chi connectivity index (χ1) is 26.0. The SMILES string of the molecule is CCC(C)C(C(CC(=O)N1CCCC1C(OC)C(C)C(=O)NC(Cc1c[nH]c2ccccc12)C(N)=O)OC)N(C)C(=O)C(NC(=O)C(NC)C(C)C)C(C)C. The summed E-state index contributed by atoms with van der Waals surface area (Å²) in [6, 6.07) is 4.65. The molecule has 3 rings (SSSR count). The number of carbonyl (C=O) groups is 5. The molecule has 9 unspecified atom stereocenters. The summed E-state index contributed by atoms with van der Waals surface area (Å²) in [6.45, 7) is 14.0. The van der Waals surface area contributed by atoms with Crippen LogP contribution in [0.25, 0.3) is 10.9 Å². The van der Waals surface area contributed by atoms with Gasteiger partial charge >= 0.3 is 0 Å². The van der Waals surface area contributed by atoms with E-state index in [1.807, 2.05) is 72.0 Å². The zero-order valence-corrected chi connectivity index (χ0v) is 34.8. The Morgan fingerprint density at radius 1 is 0.964 bits per heavy atom. The Bertz CT molecular complexity index is 1600. The van der Waals surface area contributed by atoms with E-state index < -0.39 is 60.1 Å². The molecular formula is C41H67N7O7. The fraction of sp³-hybridized carbons (Fsp3) is 0.683. The highest BCUT2D eigenvalue weighted by Crippen LogP contribution is 2.30. The third-order valence-corrected chi connectivity index (χ3v) is 11.5. The number of likely N-dealkylation sites (tertiary alicyclic amines) is 1. The van der Waals surface area contributed by atoms with E-state index in [0.717, 1.165) is 29.3 Å². The van der Waals surface area contributed by atoms with Gasteiger partial charge in [0.2, 0.25) is 29.5 Å². The molecule has 1 aromatic carbocycles. The van der Waals surface area contributed by atoms with Crippen LogP contribution in [0.3, 0.4) is 0 Å². The van der Waals surface area contributed by atoms with Gasteiger partial charge in [0, 0.05) is 51.3 Å². The minimum Gasteiger partial charge on any atom is -0.379 e. The summed E-state index contributed by atoms with van der Waals surface area (Å²) in [5, 5.41) is 9.82. The number of fused-ring (bicyclic) bond motifs is 1. The number of aromatic nitrogens is 1. The van der Waals surface area contributed by atoms with Crippen molar-refractivity contribution in [2.24, 2.45) is 29.4 Å². The van der Waals surface area contributed by atoms with E-state index in [2.05, 4.69) is 20.9 Å². The number of nitrogens with two attached hydrogens (primary N) is 1. The average molecular weight is 770 g/mol. The molecule has 5 amide bonds. The van der Waals surface area contributed by atoms with Crippen LogP contribution >= 0.6 is 0 Å². The smallest absolute Gasteiger partial charge is 0.245 e. The maximum absolute atomic E-state index is 14.2. The first kappa shape index (κ1) is 45.4. The Labute approximate surface area is 327 Å². The molecule has 1 saturated heterocycles. The second-order valence-electron chi connectivity index (χ2n) is 15.9. The molecule has 1 aliphatic heterocycles. The number of rotatable bonds is 21. The van der Waals surface area contributed by atoms with Crippen molar-refractivity contribution in [1.82, 2.24) is 30.7 Å². The molecule has 0 spiro atoms. The molecule has 2 aromatic rings. The molecule has 0 radical (unpaired) electrons. The van der Waals surface area contributed by atoms with Gasteiger partial charge in [-0.15, -0.1) is 0 Å². The molecule has 9 atom stereocenters. The largest absolute Gasteiger partial charge is 0.379 e. The number of ether oxygens (including phenoxy) is 2. The van der Waals surface area contributed by atoms with Crippen LogP contribution in [0.2, 0.25) is 0 Å². The minimum absolute atomic E-state index is 0.00110. The van der Waals surface area contributed by atoms with Crippen LogP contribution in [0.4, 0.5) is 0 Å². The second kappa shape index (κ2) is 20.8. The highest BCUT2D eigenvalue weighted by molar-refractivity contribution is 5.91. The number of aromatic amines is 1. The molecule has 0 bridgehead atoms. The zero-order valence-electron chi connectivity index (χ0n) is 34.8. The normalized spacial score (nSPS) is 19.0. The van der Waals surface area contributed by atoms with Crippen LogP contribution < -0.4 is 21.7 Å². The number of hydrogen-bond donors (Lipinski definition) is 5. The van der Waals surface area contributed by atoms with Crippen molar-refractivity contribution in [2.75, 3.05) is 34.9 Å². The summed E-state index contributed by atoms with van der Waals surface area (Å²) < 4.78 is 11.9. The molecule has 1 aliphatic rings. The van der Waals surface area contributed by atoms with E-state index in [-0.39, 0.29) is 48.3 Å². The number of nitrogens with one attached hydrogen (secondary N) is 4. The van der Waals surface area contributed by atoms with Gasteiger partial charge in [0.15, 0.2) is 0 Å². The van der Waals surface area contributed by atoms with Crippen molar-refractivity contribution in [1.29, 1.82) is 0 Å². The third-order valence-electron chi connectivity index (χ3n) is 11.5. The number of primary amides is 1. The number of hydrogen-bond acceptors (Lipinski definition) is 8. The molecule has 14 heteroatoms. The summed E-state index contributed by atoms with van der Waals surface area (Å²) in [5.41, 5.74) is 7.55. The van der Waals surface area contributed by atoms with Gasteiger partial charge in [-0.1, -0.05) is 73.1 Å². The van der Waals surface area contributed by atoms with Crippen molar-refractivity contribution < 1.29 is 33.4 Å². The first-order valence-electron chi connectivity index (χ1n) is 19.8. The maximum Gasteiger partial charge on any atom is 0.245 e. The zero-order chi connectivity index (χ0) is 41.1. The molecule has 1 aromatic heterocycles. The van der Waals surface area contributed by atoms with Crippen LogP contribution in [0.5, 0.6) is 0 Å². The van der Waals surface area contributed by atoms with Crippen LogP contribution in [-0.2, 0) is 39.9 Å². The lowest BCUT2D eigenvalue weighted by atomic mass is 9.89. The fourth-order valence-electron chi connectivity index (χ4n) is 8.10. The van der Waals surface area contributed by atoms with Crippen LogP contribution in [0.15, 0.2) is 30.5 Å². The van der Waals surface area contributed by atoms with Gasteiger partial charge < -0.3 is 45.9 Å². The van der Waals surface area contributed by atoms with Crippen molar-refractivity contribution in [3.8, 4) is 0 Å². The van der Waals surface area contributed by atoms with E-state index in [4.69, 9.17) is 15.2 Å². The highest BCUT2D eigenvalue weighted by atomic mass is 16.5.